The molecule has 0 aliphatic carbocycles. The van der Waals surface area contributed by atoms with Crippen LogP contribution in [0.1, 0.15) is 6.42 Å². The number of amides is 1. The average molecular weight is 340 g/mol. The maximum Gasteiger partial charge on any atom is 0.229 e. The molecule has 0 aliphatic rings. The molecular formula is C8H9IN2OS2. The standard InChI is InChI=1S/C8H9IN2OS2/c9-11-7(12)4-6-13-14-8-3-1-2-5-10-8/h1-3,5H,4,6H2,(H,11,12). The van der Waals surface area contributed by atoms with E-state index in [9.17, 15) is 4.79 Å². The number of nitrogens with one attached hydrogen (secondary N) is 1. The predicted octanol–water partition coefficient (Wildman–Crippen LogP) is 2.68. The summed E-state index contributed by atoms with van der Waals surface area (Å²) in [5.74, 6) is 0.871. The Labute approximate surface area is 105 Å². The second-order valence-corrected chi connectivity index (χ2v) is 5.32. The number of carbonyl (C=O) groups excluding carboxylic acids is 1. The van der Waals surface area contributed by atoms with Crippen LogP contribution in [0.15, 0.2) is 29.4 Å². The van der Waals surface area contributed by atoms with Gasteiger partial charge in [0, 0.05) is 18.4 Å². The molecule has 14 heavy (non-hydrogen) atoms. The number of hydrogen-bond acceptors (Lipinski definition) is 4. The molecule has 6 heteroatoms. The molecule has 1 aromatic rings. The van der Waals surface area contributed by atoms with Crippen molar-refractivity contribution >= 4 is 50.4 Å². The van der Waals surface area contributed by atoms with E-state index in [1.807, 2.05) is 41.1 Å². The molecule has 0 saturated carbocycles. The first-order valence-electron chi connectivity index (χ1n) is 3.93. The minimum absolute atomic E-state index is 0.0692. The number of rotatable bonds is 5. The summed E-state index contributed by atoms with van der Waals surface area (Å²) in [6, 6.07) is 5.79. The third-order valence-corrected chi connectivity index (χ3v) is 4.17. The molecular weight excluding hydrogens is 331 g/mol. The van der Waals surface area contributed by atoms with Crippen LogP contribution in [0.3, 0.4) is 0 Å². The van der Waals surface area contributed by atoms with Crippen molar-refractivity contribution in [3.05, 3.63) is 24.4 Å². The molecule has 0 bridgehead atoms. The molecule has 3 nitrogen and oxygen atoms in total. The highest BCUT2D eigenvalue weighted by Crippen LogP contribution is 2.29. The summed E-state index contributed by atoms with van der Waals surface area (Å²) in [5.41, 5.74) is 0. The lowest BCUT2D eigenvalue weighted by Gasteiger charge is -1.98. The van der Waals surface area contributed by atoms with Gasteiger partial charge < -0.3 is 0 Å². The quantitative estimate of drug-likeness (QED) is 0.387. The van der Waals surface area contributed by atoms with Crippen molar-refractivity contribution < 1.29 is 4.79 Å². The first-order valence-corrected chi connectivity index (χ1v) is 7.32. The van der Waals surface area contributed by atoms with Gasteiger partial charge in [-0.05, 0) is 22.9 Å². The molecule has 0 aromatic carbocycles. The molecule has 76 valence electrons. The van der Waals surface area contributed by atoms with Crippen LogP contribution >= 0.6 is 44.5 Å². The SMILES string of the molecule is O=C(CCSSc1ccccn1)NI. The van der Waals surface area contributed by atoms with Gasteiger partial charge in [-0.3, -0.25) is 8.32 Å². The van der Waals surface area contributed by atoms with E-state index in [2.05, 4.69) is 8.51 Å². The number of halogens is 1. The Kier molecular flexibility index (Phi) is 6.37. The molecule has 0 fully saturated rings. The lowest BCUT2D eigenvalue weighted by atomic mass is 10.5. The maximum atomic E-state index is 10.9. The molecule has 0 unspecified atom stereocenters. The van der Waals surface area contributed by atoms with E-state index in [-0.39, 0.29) is 5.91 Å². The first kappa shape index (κ1) is 12.1. The second kappa shape index (κ2) is 7.36. The fourth-order valence-corrected chi connectivity index (χ4v) is 2.82. The van der Waals surface area contributed by atoms with Gasteiger partial charge in [0.1, 0.15) is 5.03 Å². The van der Waals surface area contributed by atoms with Crippen molar-refractivity contribution in [2.45, 2.75) is 11.4 Å². The van der Waals surface area contributed by atoms with Crippen molar-refractivity contribution in [3.63, 3.8) is 0 Å². The molecule has 0 radical (unpaired) electrons. The third kappa shape index (κ3) is 5.06. The zero-order valence-corrected chi connectivity index (χ0v) is 11.1. The Morgan fingerprint density at radius 3 is 3.07 bits per heavy atom. The van der Waals surface area contributed by atoms with Gasteiger partial charge in [-0.1, -0.05) is 16.9 Å². The van der Waals surface area contributed by atoms with Crippen LogP contribution in [0.25, 0.3) is 0 Å². The van der Waals surface area contributed by atoms with E-state index in [1.165, 1.54) is 0 Å². The number of hydrogen-bond donors (Lipinski definition) is 1. The fraction of sp³-hybridized carbons (Fsp3) is 0.250. The third-order valence-electron chi connectivity index (χ3n) is 1.30. The number of aromatic nitrogens is 1. The van der Waals surface area contributed by atoms with Crippen LogP contribution in [0.2, 0.25) is 0 Å². The van der Waals surface area contributed by atoms with Crippen LogP contribution in [0, 0.1) is 0 Å². The van der Waals surface area contributed by atoms with Crippen molar-refractivity contribution in [3.8, 4) is 0 Å². The Balaban J connectivity index is 2.13. The summed E-state index contributed by atoms with van der Waals surface area (Å²) < 4.78 is 2.56. The Morgan fingerprint density at radius 2 is 2.43 bits per heavy atom. The van der Waals surface area contributed by atoms with E-state index >= 15 is 0 Å². The molecule has 0 aliphatic heterocycles. The van der Waals surface area contributed by atoms with Gasteiger partial charge in [0.25, 0.3) is 0 Å². The van der Waals surface area contributed by atoms with Gasteiger partial charge >= 0.3 is 0 Å². The summed E-state index contributed by atoms with van der Waals surface area (Å²) in [6.07, 6.45) is 2.31. The van der Waals surface area contributed by atoms with Crippen molar-refractivity contribution in [1.29, 1.82) is 0 Å². The number of nitrogens with zero attached hydrogens (tertiary/aromatic N) is 1. The van der Waals surface area contributed by atoms with Gasteiger partial charge in [-0.15, -0.1) is 0 Å². The summed E-state index contributed by atoms with van der Waals surface area (Å²) in [7, 11) is 3.24. The van der Waals surface area contributed by atoms with Gasteiger partial charge in [0.05, 0.1) is 22.9 Å². The number of pyridine rings is 1. The molecule has 1 N–H and O–H groups in total. The topological polar surface area (TPSA) is 42.0 Å². The highest BCUT2D eigenvalue weighted by Gasteiger charge is 1.99. The van der Waals surface area contributed by atoms with Crippen LogP contribution in [-0.2, 0) is 4.79 Å². The maximum absolute atomic E-state index is 10.9. The molecule has 1 aromatic heterocycles. The van der Waals surface area contributed by atoms with E-state index in [4.69, 9.17) is 0 Å². The summed E-state index contributed by atoms with van der Waals surface area (Å²) in [4.78, 5) is 15.0. The van der Waals surface area contributed by atoms with Gasteiger partial charge in [-0.25, -0.2) is 4.98 Å². The number of carbonyl (C=O) groups is 1. The van der Waals surface area contributed by atoms with E-state index in [1.54, 1.807) is 27.8 Å². The van der Waals surface area contributed by atoms with Crippen LogP contribution in [-0.4, -0.2) is 16.6 Å². The normalized spacial score (nSPS) is 9.79. The van der Waals surface area contributed by atoms with Crippen LogP contribution < -0.4 is 3.53 Å². The highest BCUT2D eigenvalue weighted by molar-refractivity contribution is 14.1. The molecule has 0 atom stereocenters. The monoisotopic (exact) mass is 340 g/mol. The molecule has 1 heterocycles. The summed E-state index contributed by atoms with van der Waals surface area (Å²) in [6.45, 7) is 0. The largest absolute Gasteiger partial charge is 0.299 e. The van der Waals surface area contributed by atoms with Gasteiger partial charge in [0.2, 0.25) is 5.91 Å². The Hall–Kier alpha value is 0.0500. The van der Waals surface area contributed by atoms with E-state index in [0.717, 1.165) is 10.8 Å². The second-order valence-electron chi connectivity index (χ2n) is 2.34. The van der Waals surface area contributed by atoms with E-state index < -0.39 is 0 Å². The molecule has 1 amide bonds. The zero-order chi connectivity index (χ0) is 10.2. The minimum Gasteiger partial charge on any atom is -0.299 e. The lowest BCUT2D eigenvalue weighted by molar-refractivity contribution is -0.118. The summed E-state index contributed by atoms with van der Waals surface area (Å²) in [5, 5.41) is 0.979. The zero-order valence-electron chi connectivity index (χ0n) is 7.27. The van der Waals surface area contributed by atoms with Crippen molar-refractivity contribution in [2.75, 3.05) is 5.75 Å². The van der Waals surface area contributed by atoms with Gasteiger partial charge in [-0.2, -0.15) is 0 Å². The Morgan fingerprint density at radius 1 is 1.57 bits per heavy atom. The fourth-order valence-electron chi connectivity index (χ4n) is 0.680. The summed E-state index contributed by atoms with van der Waals surface area (Å²) >= 11 is 1.85. The first-order chi connectivity index (χ1) is 6.83. The van der Waals surface area contributed by atoms with Crippen LogP contribution in [0.5, 0.6) is 0 Å². The molecule has 0 saturated heterocycles. The molecule has 1 rings (SSSR count). The predicted molar refractivity (Wildman–Crippen MR) is 69.3 cm³/mol. The van der Waals surface area contributed by atoms with Crippen molar-refractivity contribution in [1.82, 2.24) is 8.51 Å². The Bertz CT molecular complexity index is 284. The smallest absolute Gasteiger partial charge is 0.229 e. The van der Waals surface area contributed by atoms with Crippen molar-refractivity contribution in [2.24, 2.45) is 0 Å². The minimum atomic E-state index is 0.0692. The lowest BCUT2D eigenvalue weighted by Crippen LogP contribution is -2.11. The molecule has 0 spiro atoms. The average Bonchev–Trinajstić information content (AvgIpc) is 2.25. The van der Waals surface area contributed by atoms with E-state index in [0.29, 0.717) is 6.42 Å². The van der Waals surface area contributed by atoms with Gasteiger partial charge in [0.15, 0.2) is 0 Å². The highest BCUT2D eigenvalue weighted by atomic mass is 127. The van der Waals surface area contributed by atoms with Crippen LogP contribution in [0.4, 0.5) is 0 Å².